The van der Waals surface area contributed by atoms with Crippen molar-refractivity contribution in [1.29, 1.82) is 0 Å². The van der Waals surface area contributed by atoms with Gasteiger partial charge in [-0.25, -0.2) is 13.2 Å². The lowest BCUT2D eigenvalue weighted by molar-refractivity contribution is 0.111. The summed E-state index contributed by atoms with van der Waals surface area (Å²) in [4.78, 5) is 0. The number of rotatable bonds is 8. The van der Waals surface area contributed by atoms with Crippen molar-refractivity contribution in [3.8, 4) is 5.75 Å². The van der Waals surface area contributed by atoms with Crippen molar-refractivity contribution in [1.82, 2.24) is 0 Å². The van der Waals surface area contributed by atoms with Gasteiger partial charge in [0.2, 0.25) is 0 Å². The summed E-state index contributed by atoms with van der Waals surface area (Å²) in [6.45, 7) is 4.39. The van der Waals surface area contributed by atoms with Crippen molar-refractivity contribution < 1.29 is 17.9 Å². The molecule has 2 aliphatic rings. The maximum Gasteiger partial charge on any atom is 0.140 e. The monoisotopic (exact) mass is 458 g/mol. The third-order valence-corrected chi connectivity index (χ3v) is 8.02. The fraction of sp³-hybridized carbons (Fsp3) is 0.586. The highest BCUT2D eigenvalue weighted by molar-refractivity contribution is 5.86. The van der Waals surface area contributed by atoms with Gasteiger partial charge in [-0.15, -0.1) is 0 Å². The van der Waals surface area contributed by atoms with Crippen LogP contribution in [0.15, 0.2) is 30.4 Å². The van der Waals surface area contributed by atoms with Crippen LogP contribution in [0.2, 0.25) is 0 Å². The number of halogens is 3. The van der Waals surface area contributed by atoms with Gasteiger partial charge < -0.3 is 4.74 Å². The summed E-state index contributed by atoms with van der Waals surface area (Å²) in [7, 11) is 0. The van der Waals surface area contributed by atoms with Crippen LogP contribution in [0.25, 0.3) is 10.8 Å². The quantitative estimate of drug-likeness (QED) is 0.283. The van der Waals surface area contributed by atoms with E-state index in [0.717, 1.165) is 31.6 Å². The van der Waals surface area contributed by atoms with Crippen molar-refractivity contribution in [2.24, 2.45) is 17.8 Å². The van der Waals surface area contributed by atoms with Crippen LogP contribution in [-0.2, 0) is 0 Å². The van der Waals surface area contributed by atoms with E-state index >= 15 is 8.78 Å². The Balaban J connectivity index is 1.51. The summed E-state index contributed by atoms with van der Waals surface area (Å²) in [6, 6.07) is 4.01. The smallest absolute Gasteiger partial charge is 0.140 e. The number of ether oxygens (including phenoxy) is 1. The summed E-state index contributed by atoms with van der Waals surface area (Å²) in [6.07, 6.45) is 15.1. The molecule has 0 radical (unpaired) electrons. The molecule has 2 fully saturated rings. The minimum absolute atomic E-state index is 0.0903. The Bertz CT molecular complexity index is 983. The largest absolute Gasteiger partial charge is 0.489 e. The zero-order valence-electron chi connectivity index (χ0n) is 20.0. The fourth-order valence-electron chi connectivity index (χ4n) is 6.29. The first-order chi connectivity index (χ1) is 16.0. The second kappa shape index (κ2) is 11.0. The average Bonchev–Trinajstić information content (AvgIpc) is 2.79. The Labute approximate surface area is 196 Å². The Kier molecular flexibility index (Phi) is 8.03. The molecule has 1 nitrogen and oxygen atoms in total. The van der Waals surface area contributed by atoms with Crippen molar-refractivity contribution in [2.45, 2.75) is 84.0 Å². The first kappa shape index (κ1) is 24.2. The molecule has 180 valence electrons. The summed E-state index contributed by atoms with van der Waals surface area (Å²) < 4.78 is 51.1. The van der Waals surface area contributed by atoms with E-state index in [9.17, 15) is 4.39 Å². The van der Waals surface area contributed by atoms with Crippen molar-refractivity contribution in [3.63, 3.8) is 0 Å². The minimum atomic E-state index is -0.723. The molecule has 2 saturated carbocycles. The van der Waals surface area contributed by atoms with Gasteiger partial charge in [0.1, 0.15) is 29.8 Å². The van der Waals surface area contributed by atoms with Crippen LogP contribution in [-0.4, -0.2) is 6.61 Å². The van der Waals surface area contributed by atoms with Crippen LogP contribution in [0.4, 0.5) is 13.2 Å². The molecule has 0 N–H and O–H groups in total. The molecule has 2 aromatic carbocycles. The topological polar surface area (TPSA) is 9.23 Å². The van der Waals surface area contributed by atoms with E-state index in [1.54, 1.807) is 6.08 Å². The molecule has 0 aromatic heterocycles. The van der Waals surface area contributed by atoms with E-state index < -0.39 is 17.5 Å². The van der Waals surface area contributed by atoms with Crippen LogP contribution in [0, 0.1) is 35.2 Å². The highest BCUT2D eigenvalue weighted by atomic mass is 19.1. The average molecular weight is 459 g/mol. The molecule has 4 atom stereocenters. The molecule has 0 heterocycles. The van der Waals surface area contributed by atoms with Gasteiger partial charge in [0.15, 0.2) is 0 Å². The first-order valence-electron chi connectivity index (χ1n) is 12.9. The van der Waals surface area contributed by atoms with Gasteiger partial charge in [-0.1, -0.05) is 51.2 Å². The number of hydrogen-bond acceptors (Lipinski definition) is 1. The lowest BCUT2D eigenvalue weighted by Crippen LogP contribution is -2.31. The number of hydrogen-bond donors (Lipinski definition) is 0. The third kappa shape index (κ3) is 5.41. The van der Waals surface area contributed by atoms with E-state index in [1.807, 2.05) is 13.0 Å². The van der Waals surface area contributed by atoms with E-state index in [2.05, 4.69) is 6.92 Å². The Morgan fingerprint density at radius 3 is 2.52 bits per heavy atom. The highest BCUT2D eigenvalue weighted by Crippen LogP contribution is 2.49. The Morgan fingerprint density at radius 2 is 1.73 bits per heavy atom. The zero-order valence-corrected chi connectivity index (χ0v) is 20.0. The van der Waals surface area contributed by atoms with E-state index in [-0.39, 0.29) is 34.6 Å². The molecule has 2 aromatic rings. The molecule has 2 aliphatic carbocycles. The van der Waals surface area contributed by atoms with Gasteiger partial charge in [0, 0.05) is 11.6 Å². The van der Waals surface area contributed by atoms with Gasteiger partial charge in [-0.05, 0) is 80.2 Å². The fourth-order valence-corrected chi connectivity index (χ4v) is 6.29. The number of fused-ring (bicyclic) bond motifs is 2. The molecule has 4 rings (SSSR count). The second-order valence-corrected chi connectivity index (χ2v) is 10.2. The number of allylic oxidation sites excluding steroid dienone is 1. The Hall–Kier alpha value is -1.97. The highest BCUT2D eigenvalue weighted by Gasteiger charge is 2.37. The number of benzene rings is 2. The molecule has 2 unspecified atom stereocenters. The normalized spacial score (nSPS) is 25.5. The molecule has 0 amide bonds. The van der Waals surface area contributed by atoms with E-state index in [0.29, 0.717) is 11.8 Å². The van der Waals surface area contributed by atoms with Crippen LogP contribution in [0.1, 0.15) is 89.5 Å². The molecule has 4 heteroatoms. The van der Waals surface area contributed by atoms with Crippen LogP contribution in [0.5, 0.6) is 5.75 Å². The molecule has 0 spiro atoms. The molecular weight excluding hydrogens is 421 g/mol. The van der Waals surface area contributed by atoms with Crippen molar-refractivity contribution in [2.75, 3.05) is 6.61 Å². The molecule has 0 bridgehead atoms. The Morgan fingerprint density at radius 1 is 0.939 bits per heavy atom. The van der Waals surface area contributed by atoms with E-state index in [4.69, 9.17) is 4.74 Å². The predicted octanol–water partition coefficient (Wildman–Crippen LogP) is 9.09. The third-order valence-electron chi connectivity index (χ3n) is 8.02. The second-order valence-electron chi connectivity index (χ2n) is 10.2. The van der Waals surface area contributed by atoms with Gasteiger partial charge >= 0.3 is 0 Å². The number of unbranched alkanes of at least 4 members (excludes halogenated alkanes) is 2. The molecule has 0 saturated heterocycles. The van der Waals surface area contributed by atoms with E-state index in [1.165, 1.54) is 56.7 Å². The van der Waals surface area contributed by atoms with Gasteiger partial charge in [-0.3, -0.25) is 0 Å². The van der Waals surface area contributed by atoms with Gasteiger partial charge in [-0.2, -0.15) is 0 Å². The van der Waals surface area contributed by atoms with Gasteiger partial charge in [0.05, 0.1) is 5.39 Å². The van der Waals surface area contributed by atoms with Gasteiger partial charge in [0.25, 0.3) is 0 Å². The van der Waals surface area contributed by atoms with Crippen molar-refractivity contribution >= 4 is 10.8 Å². The van der Waals surface area contributed by atoms with Crippen LogP contribution in [0.3, 0.4) is 0 Å². The first-order valence-corrected chi connectivity index (χ1v) is 12.9. The maximum atomic E-state index is 15.5. The molecule has 0 aliphatic heterocycles. The maximum absolute atomic E-state index is 15.5. The summed E-state index contributed by atoms with van der Waals surface area (Å²) in [5.74, 6) is 0.179. The lowest BCUT2D eigenvalue weighted by atomic mass is 9.63. The zero-order chi connectivity index (χ0) is 23.4. The summed E-state index contributed by atoms with van der Waals surface area (Å²) >= 11 is 0. The standard InChI is InChI=1S/C29H37F3O/c1-3-5-7-8-19-9-10-21-15-22(12-11-20(21)14-19)27-25(30)17-23-16-24(33-13-6-4-2)18-26(31)28(23)29(27)32/h4,6,16-22H,3,5,7-15H2,1-2H3/b6-4+/t19?,20-,21?,22-/m1/s1. The summed E-state index contributed by atoms with van der Waals surface area (Å²) in [5.41, 5.74) is 0.0903. The van der Waals surface area contributed by atoms with Crippen LogP contribution < -0.4 is 4.74 Å². The summed E-state index contributed by atoms with van der Waals surface area (Å²) in [5, 5.41) is 0.0945. The minimum Gasteiger partial charge on any atom is -0.489 e. The molecular formula is C29H37F3O. The SMILES string of the molecule is C/C=C/COc1cc(F)c2c(F)c([C@@H]3CC[C@@H]4CC(CCCCC)CCC4C3)c(F)cc2c1. The predicted molar refractivity (Wildman–Crippen MR) is 129 cm³/mol. The lowest BCUT2D eigenvalue weighted by Gasteiger charge is -2.42. The van der Waals surface area contributed by atoms with Crippen molar-refractivity contribution in [3.05, 3.63) is 53.4 Å². The van der Waals surface area contributed by atoms with Crippen LogP contribution >= 0.6 is 0 Å². The molecule has 33 heavy (non-hydrogen) atoms.